The summed E-state index contributed by atoms with van der Waals surface area (Å²) in [7, 11) is 5.23. The van der Waals surface area contributed by atoms with E-state index in [2.05, 4.69) is 9.97 Å². The van der Waals surface area contributed by atoms with E-state index in [1.165, 1.54) is 14.0 Å². The summed E-state index contributed by atoms with van der Waals surface area (Å²) in [5.74, 6) is -5.00. The zero-order valence-electron chi connectivity index (χ0n) is 37.3. The van der Waals surface area contributed by atoms with Gasteiger partial charge < -0.3 is 43.2 Å². The predicted molar refractivity (Wildman–Crippen MR) is 224 cm³/mol. The Morgan fingerprint density at radius 1 is 1.02 bits per heavy atom. The molecule has 3 fully saturated rings. The number of methoxy groups -OCH3 is 1. The monoisotopic (exact) mass is 859 g/mol. The van der Waals surface area contributed by atoms with Gasteiger partial charge in [0.25, 0.3) is 0 Å². The van der Waals surface area contributed by atoms with Gasteiger partial charge in [-0.1, -0.05) is 39.3 Å². The van der Waals surface area contributed by atoms with Crippen LogP contribution in [0.15, 0.2) is 24.8 Å². The molecule has 3 aliphatic heterocycles. The smallest absolute Gasteiger partial charge is 0.410 e. The van der Waals surface area contributed by atoms with Crippen LogP contribution in [0.1, 0.15) is 93.1 Å². The summed E-state index contributed by atoms with van der Waals surface area (Å²) < 4.78 is 33.2. The van der Waals surface area contributed by atoms with Crippen LogP contribution in [0.25, 0.3) is 11.3 Å². The van der Waals surface area contributed by atoms with Crippen LogP contribution < -0.4 is 0 Å². The van der Waals surface area contributed by atoms with E-state index >= 15 is 0 Å². The third kappa shape index (κ3) is 9.76. The molecule has 60 heavy (non-hydrogen) atoms. The summed E-state index contributed by atoms with van der Waals surface area (Å²) >= 11 is 6.12. The van der Waals surface area contributed by atoms with Crippen molar-refractivity contribution in [2.45, 2.75) is 155 Å². The number of ether oxygens (including phenoxy) is 5. The SMILES string of the molecule is CC[C@H]1OC(=O)[C@H](C)C(=O)[C@H](C)[C@@H](O[C@@H]2O[C@H](C)C[C@H](N(C)C)[C@H]2O)[C@@](C)(OC)C[C@@H](C)C(=O)[C@H](C)[C@H]2N(CCCCn3cnc(-c4cnc(Cl)c(C)c4)c3)C(=O)O[C@]12C. The Morgan fingerprint density at radius 2 is 1.70 bits per heavy atom. The summed E-state index contributed by atoms with van der Waals surface area (Å²) in [5, 5.41) is 11.9. The van der Waals surface area contributed by atoms with Crippen molar-refractivity contribution in [3.63, 3.8) is 0 Å². The lowest BCUT2D eigenvalue weighted by Crippen LogP contribution is -2.60. The maximum absolute atomic E-state index is 14.7. The number of likely N-dealkylation sites (N-methyl/N-ethyl adjacent to an activating group) is 1. The van der Waals surface area contributed by atoms with Gasteiger partial charge in [-0.25, -0.2) is 14.8 Å². The first-order valence-electron chi connectivity index (χ1n) is 21.3. The molecule has 0 saturated carbocycles. The standard InChI is InChI=1S/C44H66ClN5O10/c1-13-33-44(9)37(50(42(55)60-44)17-15-14-16-49-22-31(47-23-49)30-18-24(2)39(45)46-21-30)27(5)34(51)25(3)20-43(8,56-12)38(28(6)35(52)29(7)40(54)58-33)59-41-36(53)32(48(10)11)19-26(4)57-41/h18,21-23,25-29,32-33,36-38,41,53H,13-17,19-20H2,1-12H3/t25-,26-,27+,28+,29-,32+,33-,36-,37-,38-,41+,43+,44-/m1/s1. The second kappa shape index (κ2) is 19.3. The number of nitrogens with zero attached hydrogens (tertiary/aromatic N) is 5. The molecule has 3 aliphatic rings. The number of hydrogen-bond donors (Lipinski definition) is 1. The molecule has 0 unspecified atom stereocenters. The molecule has 2 aromatic rings. The lowest BCUT2D eigenvalue weighted by atomic mass is 9.73. The first-order valence-corrected chi connectivity index (χ1v) is 21.7. The summed E-state index contributed by atoms with van der Waals surface area (Å²) in [4.78, 5) is 69.2. The van der Waals surface area contributed by atoms with Crippen LogP contribution >= 0.6 is 11.6 Å². The van der Waals surface area contributed by atoms with E-state index < -0.39 is 83.4 Å². The summed E-state index contributed by atoms with van der Waals surface area (Å²) in [6, 6.07) is 0.850. The number of aryl methyl sites for hydroxylation is 2. The van der Waals surface area contributed by atoms with Gasteiger partial charge >= 0.3 is 12.1 Å². The highest BCUT2D eigenvalue weighted by Gasteiger charge is 2.60. The van der Waals surface area contributed by atoms with Crippen LogP contribution in [0.3, 0.4) is 0 Å². The van der Waals surface area contributed by atoms with Crippen molar-refractivity contribution >= 4 is 35.2 Å². The zero-order chi connectivity index (χ0) is 44.4. The molecule has 3 saturated heterocycles. The third-order valence-electron chi connectivity index (χ3n) is 13.2. The molecular weight excluding hydrogens is 794 g/mol. The molecule has 0 radical (unpaired) electrons. The molecule has 0 aromatic carbocycles. The van der Waals surface area contributed by atoms with Gasteiger partial charge in [0.1, 0.15) is 29.1 Å². The summed E-state index contributed by atoms with van der Waals surface area (Å²) in [5.41, 5.74) is -0.210. The number of cyclic esters (lactones) is 1. The van der Waals surface area contributed by atoms with E-state index in [0.717, 1.165) is 16.8 Å². The Hall–Kier alpha value is -3.47. The first kappa shape index (κ1) is 47.6. The minimum atomic E-state index is -1.41. The van der Waals surface area contributed by atoms with Crippen molar-refractivity contribution in [2.24, 2.45) is 23.7 Å². The molecule has 2 aromatic heterocycles. The molecule has 0 aliphatic carbocycles. The molecule has 5 rings (SSSR count). The number of aliphatic hydroxyl groups excluding tert-OH is 1. The van der Waals surface area contributed by atoms with E-state index in [0.29, 0.717) is 31.0 Å². The Kier molecular flexibility index (Phi) is 15.3. The number of imidazole rings is 1. The Bertz CT molecular complexity index is 1860. The molecule has 0 spiro atoms. The van der Waals surface area contributed by atoms with Crippen molar-refractivity contribution in [1.29, 1.82) is 0 Å². The summed E-state index contributed by atoms with van der Waals surface area (Å²) in [6.07, 6.45) is 2.52. The number of hydrogen-bond acceptors (Lipinski definition) is 13. The van der Waals surface area contributed by atoms with Gasteiger partial charge in [-0.2, -0.15) is 0 Å². The number of rotatable bonds is 11. The van der Waals surface area contributed by atoms with Gasteiger partial charge in [0.15, 0.2) is 17.7 Å². The van der Waals surface area contributed by atoms with Gasteiger partial charge in [-0.05, 0) is 92.4 Å². The fraction of sp³-hybridized carbons (Fsp3) is 0.727. The predicted octanol–water partition coefficient (Wildman–Crippen LogP) is 5.89. The van der Waals surface area contributed by atoms with Gasteiger partial charge in [0.05, 0.1) is 35.9 Å². The molecule has 1 amide bonds. The van der Waals surface area contributed by atoms with Crippen molar-refractivity contribution < 1.29 is 48.0 Å². The fourth-order valence-electron chi connectivity index (χ4n) is 9.62. The number of carbonyl (C=O) groups is 4. The van der Waals surface area contributed by atoms with E-state index in [1.807, 2.05) is 63.5 Å². The fourth-order valence-corrected chi connectivity index (χ4v) is 9.72. The Labute approximate surface area is 359 Å². The molecular formula is C44H66ClN5O10. The maximum atomic E-state index is 14.7. The molecule has 5 heterocycles. The van der Waals surface area contributed by atoms with Crippen molar-refractivity contribution in [1.82, 2.24) is 24.3 Å². The number of halogens is 1. The van der Waals surface area contributed by atoms with Crippen LogP contribution in [0, 0.1) is 30.6 Å². The van der Waals surface area contributed by atoms with Gasteiger partial charge in [0.2, 0.25) is 0 Å². The number of ketones is 2. The lowest BCUT2D eigenvalue weighted by Gasteiger charge is -2.47. The second-order valence-corrected chi connectivity index (χ2v) is 18.3. The van der Waals surface area contributed by atoms with Crippen molar-refractivity contribution in [2.75, 3.05) is 27.7 Å². The van der Waals surface area contributed by atoms with E-state index in [9.17, 15) is 24.3 Å². The van der Waals surface area contributed by atoms with Gasteiger partial charge in [-0.3, -0.25) is 14.4 Å². The molecule has 13 atom stereocenters. The Balaban J connectivity index is 1.42. The quantitative estimate of drug-likeness (QED) is 0.123. The third-order valence-corrected chi connectivity index (χ3v) is 13.6. The van der Waals surface area contributed by atoms with Crippen LogP contribution in [-0.2, 0) is 44.6 Å². The number of unbranched alkanes of at least 4 members (excludes halogenated alkanes) is 1. The first-order chi connectivity index (χ1) is 28.2. The second-order valence-electron chi connectivity index (χ2n) is 17.9. The summed E-state index contributed by atoms with van der Waals surface area (Å²) in [6.45, 7) is 16.8. The molecule has 0 bridgehead atoms. The number of carbonyl (C=O) groups excluding carboxylic acids is 4. The highest BCUT2D eigenvalue weighted by Crippen LogP contribution is 2.43. The highest BCUT2D eigenvalue weighted by atomic mass is 35.5. The molecule has 16 heteroatoms. The average molecular weight is 860 g/mol. The van der Waals surface area contributed by atoms with Crippen LogP contribution in [-0.4, -0.2) is 135 Å². The minimum Gasteiger partial charge on any atom is -0.458 e. The van der Waals surface area contributed by atoms with Crippen molar-refractivity contribution in [3.8, 4) is 11.3 Å². The number of aliphatic hydroxyl groups is 1. The molecule has 1 N–H and O–H groups in total. The van der Waals surface area contributed by atoms with E-state index in [1.54, 1.807) is 45.1 Å². The van der Waals surface area contributed by atoms with Gasteiger partial charge in [-0.15, -0.1) is 0 Å². The highest BCUT2D eigenvalue weighted by molar-refractivity contribution is 6.30. The molecule has 15 nitrogen and oxygen atoms in total. The Morgan fingerprint density at radius 3 is 2.33 bits per heavy atom. The van der Waals surface area contributed by atoms with Crippen LogP contribution in [0.2, 0.25) is 5.15 Å². The number of aromatic nitrogens is 3. The lowest BCUT2D eigenvalue weighted by molar-refractivity contribution is -0.295. The topological polar surface area (TPSA) is 172 Å². The van der Waals surface area contributed by atoms with Gasteiger partial charge in [0, 0.05) is 62.0 Å². The van der Waals surface area contributed by atoms with E-state index in [-0.39, 0.29) is 37.3 Å². The van der Waals surface area contributed by atoms with Crippen LogP contribution in [0.4, 0.5) is 4.79 Å². The minimum absolute atomic E-state index is 0.122. The number of fused-ring (bicyclic) bond motifs is 1. The zero-order valence-corrected chi connectivity index (χ0v) is 38.1. The largest absolute Gasteiger partial charge is 0.458 e. The number of esters is 1. The number of Topliss-reactive ketones (excluding diaryl/α,β-unsaturated/α-hetero) is 2. The number of pyridine rings is 1. The van der Waals surface area contributed by atoms with E-state index in [4.69, 9.17) is 35.3 Å². The maximum Gasteiger partial charge on any atom is 0.410 e. The number of amides is 1. The van der Waals surface area contributed by atoms with Crippen molar-refractivity contribution in [3.05, 3.63) is 35.5 Å². The normalized spacial score (nSPS) is 35.9. The average Bonchev–Trinajstić information content (AvgIpc) is 3.78. The molecule has 334 valence electrons. The van der Waals surface area contributed by atoms with Crippen LogP contribution in [0.5, 0.6) is 0 Å².